The molecule has 0 spiro atoms. The van der Waals surface area contributed by atoms with Crippen LogP contribution >= 0.6 is 0 Å². The van der Waals surface area contributed by atoms with Crippen molar-refractivity contribution in [3.8, 4) is 11.3 Å². The van der Waals surface area contributed by atoms with E-state index in [9.17, 15) is 4.79 Å². The van der Waals surface area contributed by atoms with E-state index in [1.165, 1.54) is 24.3 Å². The molecule has 0 aliphatic carbocycles. The van der Waals surface area contributed by atoms with Crippen LogP contribution in [-0.2, 0) is 4.84 Å². The normalized spacial score (nSPS) is 17.5. The SMILES string of the molecule is CON(C)C(=O)c1ccc2nc(N3[Si](C)(C)CC[Si]3(C)C)c(-c3ccccc3)n2c1. The Bertz CT molecular complexity index is 1080. The van der Waals surface area contributed by atoms with Crippen LogP contribution in [0.3, 0.4) is 0 Å². The second-order valence-electron chi connectivity index (χ2n) is 9.24. The molecular formula is C22H30N4O2Si2. The van der Waals surface area contributed by atoms with E-state index in [2.05, 4.69) is 59.1 Å². The van der Waals surface area contributed by atoms with Gasteiger partial charge in [-0.15, -0.1) is 0 Å². The Labute approximate surface area is 180 Å². The minimum atomic E-state index is -1.61. The Kier molecular flexibility index (Phi) is 5.11. The van der Waals surface area contributed by atoms with Gasteiger partial charge in [0.05, 0.1) is 18.4 Å². The van der Waals surface area contributed by atoms with Crippen molar-refractivity contribution in [3.05, 3.63) is 54.2 Å². The summed E-state index contributed by atoms with van der Waals surface area (Å²) in [4.78, 5) is 22.9. The molecule has 3 aromatic rings. The number of hydrogen-bond acceptors (Lipinski definition) is 4. The van der Waals surface area contributed by atoms with Crippen molar-refractivity contribution < 1.29 is 9.63 Å². The third-order valence-corrected chi connectivity index (χ3v) is 16.1. The topological polar surface area (TPSA) is 50.1 Å². The summed E-state index contributed by atoms with van der Waals surface area (Å²) in [6.45, 7) is 9.82. The van der Waals surface area contributed by atoms with Crippen molar-refractivity contribution in [2.75, 3.05) is 18.4 Å². The minimum absolute atomic E-state index is 0.181. The lowest BCUT2D eigenvalue weighted by atomic mass is 10.1. The van der Waals surface area contributed by atoms with Crippen molar-refractivity contribution in [1.29, 1.82) is 0 Å². The number of imidazole rings is 1. The Balaban J connectivity index is 1.98. The van der Waals surface area contributed by atoms with Gasteiger partial charge in [-0.05, 0) is 24.2 Å². The number of amides is 1. The second-order valence-corrected chi connectivity index (χ2v) is 18.8. The summed E-state index contributed by atoms with van der Waals surface area (Å²) in [6.07, 6.45) is 1.89. The number of pyridine rings is 1. The largest absolute Gasteiger partial charge is 0.407 e. The van der Waals surface area contributed by atoms with Crippen LogP contribution in [0.2, 0.25) is 38.3 Å². The van der Waals surface area contributed by atoms with Gasteiger partial charge >= 0.3 is 0 Å². The van der Waals surface area contributed by atoms with Crippen LogP contribution < -0.4 is 4.23 Å². The summed E-state index contributed by atoms with van der Waals surface area (Å²) < 4.78 is 4.81. The van der Waals surface area contributed by atoms with Crippen molar-refractivity contribution in [2.45, 2.75) is 38.3 Å². The molecule has 0 bridgehead atoms. The van der Waals surface area contributed by atoms with E-state index in [4.69, 9.17) is 9.82 Å². The second kappa shape index (κ2) is 7.37. The van der Waals surface area contributed by atoms with E-state index in [0.29, 0.717) is 5.56 Å². The van der Waals surface area contributed by atoms with Gasteiger partial charge in [-0.3, -0.25) is 14.0 Å². The predicted octanol–water partition coefficient (Wildman–Crippen LogP) is 4.86. The lowest BCUT2D eigenvalue weighted by Crippen LogP contribution is -2.55. The zero-order chi connectivity index (χ0) is 21.7. The number of anilines is 1. The first-order valence-corrected chi connectivity index (χ1v) is 16.7. The Hall–Kier alpha value is -2.43. The molecule has 8 heteroatoms. The summed E-state index contributed by atoms with van der Waals surface area (Å²) in [7, 11) is -0.101. The van der Waals surface area contributed by atoms with Crippen LogP contribution in [0.1, 0.15) is 10.4 Å². The third kappa shape index (κ3) is 3.38. The highest BCUT2D eigenvalue weighted by atomic mass is 28.4. The van der Waals surface area contributed by atoms with E-state index >= 15 is 0 Å². The van der Waals surface area contributed by atoms with Gasteiger partial charge < -0.3 is 4.23 Å². The number of rotatable bonds is 4. The fourth-order valence-corrected chi connectivity index (χ4v) is 18.7. The molecule has 2 aromatic heterocycles. The molecule has 0 N–H and O–H groups in total. The van der Waals surface area contributed by atoms with Gasteiger partial charge in [-0.25, -0.2) is 10.0 Å². The van der Waals surface area contributed by atoms with Crippen LogP contribution in [-0.4, -0.2) is 51.0 Å². The molecule has 3 heterocycles. The number of hydroxylamine groups is 2. The van der Waals surface area contributed by atoms with Gasteiger partial charge in [0.1, 0.15) is 27.9 Å². The quantitative estimate of drug-likeness (QED) is 0.431. The molecule has 1 aliphatic heterocycles. The first-order valence-electron chi connectivity index (χ1n) is 10.4. The first-order chi connectivity index (χ1) is 14.2. The number of carbonyl (C=O) groups excluding carboxylic acids is 1. The summed E-state index contributed by atoms with van der Waals surface area (Å²) >= 11 is 0. The molecular weight excluding hydrogens is 408 g/mol. The van der Waals surface area contributed by atoms with Crippen LogP contribution in [0.4, 0.5) is 5.82 Å². The van der Waals surface area contributed by atoms with Crippen LogP contribution in [0.15, 0.2) is 48.7 Å². The van der Waals surface area contributed by atoms with E-state index in [1.807, 2.05) is 24.4 Å². The smallest absolute Gasteiger partial charge is 0.278 e. The maximum Gasteiger partial charge on any atom is 0.278 e. The first kappa shape index (κ1) is 20.8. The monoisotopic (exact) mass is 438 g/mol. The molecule has 1 aliphatic rings. The average molecular weight is 439 g/mol. The number of nitrogens with zero attached hydrogens (tertiary/aromatic N) is 4. The van der Waals surface area contributed by atoms with Gasteiger partial charge in [0, 0.05) is 18.8 Å². The summed E-state index contributed by atoms with van der Waals surface area (Å²) in [5.41, 5.74) is 3.62. The van der Waals surface area contributed by atoms with E-state index in [1.54, 1.807) is 7.05 Å². The highest BCUT2D eigenvalue weighted by molar-refractivity contribution is 7.04. The molecule has 1 amide bonds. The molecule has 0 radical (unpaired) electrons. The van der Waals surface area contributed by atoms with Crippen molar-refractivity contribution >= 4 is 33.8 Å². The Morgan fingerprint density at radius 3 is 2.27 bits per heavy atom. The fourth-order valence-electron chi connectivity index (χ4n) is 4.67. The number of hydrogen-bond donors (Lipinski definition) is 0. The van der Waals surface area contributed by atoms with E-state index in [0.717, 1.165) is 22.7 Å². The Morgan fingerprint density at radius 2 is 1.67 bits per heavy atom. The maximum atomic E-state index is 12.7. The molecule has 0 unspecified atom stereocenters. The average Bonchev–Trinajstić information content (AvgIpc) is 3.19. The summed E-state index contributed by atoms with van der Waals surface area (Å²) in [5.74, 6) is 0.899. The zero-order valence-electron chi connectivity index (χ0n) is 18.6. The molecule has 1 aromatic carbocycles. The molecule has 1 saturated heterocycles. The molecule has 0 atom stereocenters. The van der Waals surface area contributed by atoms with E-state index in [-0.39, 0.29) is 5.91 Å². The maximum absolute atomic E-state index is 12.7. The van der Waals surface area contributed by atoms with E-state index < -0.39 is 16.5 Å². The van der Waals surface area contributed by atoms with Crippen molar-refractivity contribution in [1.82, 2.24) is 14.4 Å². The standard InChI is InChI=1S/C22H30N4O2Si2/c1-24(28-2)22(27)18-12-13-19-23-21(26-29(3,4)14-15-30(26,5)6)20(25(19)16-18)17-10-8-7-9-11-17/h7-13,16H,14-15H2,1-6H3. The molecule has 30 heavy (non-hydrogen) atoms. The zero-order valence-corrected chi connectivity index (χ0v) is 20.6. The number of aromatic nitrogens is 2. The van der Waals surface area contributed by atoms with Gasteiger partial charge in [0.25, 0.3) is 5.91 Å². The van der Waals surface area contributed by atoms with Crippen LogP contribution in [0.25, 0.3) is 16.9 Å². The van der Waals surface area contributed by atoms with Crippen molar-refractivity contribution in [2.24, 2.45) is 0 Å². The third-order valence-electron chi connectivity index (χ3n) is 6.23. The summed E-state index contributed by atoms with van der Waals surface area (Å²) in [6, 6.07) is 16.8. The van der Waals surface area contributed by atoms with Crippen molar-refractivity contribution in [3.63, 3.8) is 0 Å². The lowest BCUT2D eigenvalue weighted by Gasteiger charge is -2.40. The van der Waals surface area contributed by atoms with Gasteiger partial charge in [0.2, 0.25) is 0 Å². The highest BCUT2D eigenvalue weighted by Crippen LogP contribution is 2.44. The highest BCUT2D eigenvalue weighted by Gasteiger charge is 2.49. The number of fused-ring (bicyclic) bond motifs is 1. The van der Waals surface area contributed by atoms with Crippen LogP contribution in [0.5, 0.6) is 0 Å². The molecule has 1 fully saturated rings. The molecule has 158 valence electrons. The fraction of sp³-hybridized carbons (Fsp3) is 0.364. The summed E-state index contributed by atoms with van der Waals surface area (Å²) in [5, 5.41) is 1.24. The van der Waals surface area contributed by atoms with Crippen LogP contribution in [0, 0.1) is 0 Å². The predicted molar refractivity (Wildman–Crippen MR) is 127 cm³/mol. The molecule has 4 rings (SSSR count). The molecule has 6 nitrogen and oxygen atoms in total. The molecule has 0 saturated carbocycles. The Morgan fingerprint density at radius 1 is 1.03 bits per heavy atom. The van der Waals surface area contributed by atoms with Gasteiger partial charge in [0.15, 0.2) is 0 Å². The van der Waals surface area contributed by atoms with Gasteiger partial charge in [-0.1, -0.05) is 56.5 Å². The lowest BCUT2D eigenvalue weighted by molar-refractivity contribution is -0.0757. The minimum Gasteiger partial charge on any atom is -0.407 e. The number of benzene rings is 1. The number of carbonyl (C=O) groups is 1. The van der Waals surface area contributed by atoms with Gasteiger partial charge in [-0.2, -0.15) is 0 Å².